The quantitative estimate of drug-likeness (QED) is 0.148. The number of methoxy groups -OCH3 is 1. The van der Waals surface area contributed by atoms with E-state index in [1.54, 1.807) is 23.6 Å². The van der Waals surface area contributed by atoms with Crippen molar-refractivity contribution in [1.29, 1.82) is 0 Å². The van der Waals surface area contributed by atoms with Crippen LogP contribution in [0.1, 0.15) is 70.0 Å². The van der Waals surface area contributed by atoms with Gasteiger partial charge in [-0.15, -0.1) is 5.10 Å². The van der Waals surface area contributed by atoms with Gasteiger partial charge in [-0.05, 0) is 78.0 Å². The van der Waals surface area contributed by atoms with Gasteiger partial charge in [0.2, 0.25) is 11.1 Å². The number of hydrogen-bond donors (Lipinski definition) is 2. The normalized spacial score (nSPS) is 14.5. The van der Waals surface area contributed by atoms with Crippen LogP contribution in [0.3, 0.4) is 0 Å². The van der Waals surface area contributed by atoms with Crippen molar-refractivity contribution in [3.05, 3.63) is 63.3 Å². The molecule has 0 fully saturated rings. The lowest BCUT2D eigenvalue weighted by Gasteiger charge is -2.29. The number of aryl methyl sites for hydroxylation is 1. The zero-order chi connectivity index (χ0) is 28.6. The molecule has 2 heterocycles. The van der Waals surface area contributed by atoms with E-state index in [4.69, 9.17) is 19.6 Å². The monoisotopic (exact) mass is 627 g/mol. The molecule has 4 rings (SSSR count). The van der Waals surface area contributed by atoms with Crippen LogP contribution >= 0.6 is 27.7 Å². The first kappa shape index (κ1) is 30.0. The van der Waals surface area contributed by atoms with Crippen molar-refractivity contribution in [1.82, 2.24) is 14.8 Å². The van der Waals surface area contributed by atoms with Crippen molar-refractivity contribution in [2.45, 2.75) is 71.0 Å². The number of ether oxygens (including phenoxy) is 2. The van der Waals surface area contributed by atoms with Crippen molar-refractivity contribution in [3.8, 4) is 11.5 Å². The smallest absolute Gasteiger partial charge is 0.255 e. The molecule has 0 saturated carbocycles. The summed E-state index contributed by atoms with van der Waals surface area (Å²) in [5.74, 6) is 2.54. The number of anilines is 2. The molecule has 2 aromatic carbocycles. The van der Waals surface area contributed by atoms with Crippen molar-refractivity contribution >= 4 is 45.2 Å². The summed E-state index contributed by atoms with van der Waals surface area (Å²) < 4.78 is 14.5. The average molecular weight is 629 g/mol. The molecule has 1 aromatic heterocycles. The molecule has 1 aliphatic rings. The minimum absolute atomic E-state index is 0.212. The number of nitrogens with zero attached hydrogens (tertiary/aromatic N) is 3. The lowest BCUT2D eigenvalue weighted by atomic mass is 9.94. The Labute approximate surface area is 249 Å². The number of amides is 1. The van der Waals surface area contributed by atoms with Gasteiger partial charge >= 0.3 is 0 Å². The maximum absolute atomic E-state index is 13.9. The van der Waals surface area contributed by atoms with E-state index in [-0.39, 0.29) is 5.91 Å². The van der Waals surface area contributed by atoms with Crippen molar-refractivity contribution in [2.24, 2.45) is 0 Å². The van der Waals surface area contributed by atoms with E-state index < -0.39 is 6.04 Å². The largest absolute Gasteiger partial charge is 0.493 e. The van der Waals surface area contributed by atoms with Crippen LogP contribution in [-0.2, 0) is 4.79 Å². The molecule has 0 bridgehead atoms. The Bertz CT molecular complexity index is 1370. The third-order valence-electron chi connectivity index (χ3n) is 6.60. The maximum atomic E-state index is 13.9. The van der Waals surface area contributed by atoms with Crippen LogP contribution in [0.15, 0.2) is 57.3 Å². The zero-order valence-corrected chi connectivity index (χ0v) is 26.2. The van der Waals surface area contributed by atoms with Crippen LogP contribution in [0.2, 0.25) is 0 Å². The van der Waals surface area contributed by atoms with Crippen LogP contribution in [0.5, 0.6) is 11.5 Å². The molecule has 1 amide bonds. The highest BCUT2D eigenvalue weighted by atomic mass is 79.9. The molecule has 0 aliphatic carbocycles. The van der Waals surface area contributed by atoms with E-state index >= 15 is 0 Å². The lowest BCUT2D eigenvalue weighted by Crippen LogP contribution is -2.31. The highest BCUT2D eigenvalue weighted by Gasteiger charge is 2.35. The summed E-state index contributed by atoms with van der Waals surface area (Å²) in [7, 11) is 1.63. The molecule has 3 aromatic rings. The summed E-state index contributed by atoms with van der Waals surface area (Å²) in [5, 5.41) is 11.9. The Balaban J connectivity index is 1.74. The van der Waals surface area contributed by atoms with Gasteiger partial charge < -0.3 is 20.1 Å². The number of carbonyl (C=O) groups excluding carboxylic acids is 1. The first-order chi connectivity index (χ1) is 19.4. The molecular weight excluding hydrogens is 590 g/mol. The standard InChI is InChI=1S/C30H38BrN5O3S/c1-6-8-9-10-14-39-27-23(31)17-21(18-24(27)38-5)26-25(28(37)33-22-13-11-12-19(3)16-22)20(4)32-29-34-30(35-36(26)29)40-15-7-2/h11-13,16-18,26H,6-10,14-15H2,1-5H3,(H,33,37)(H,32,34,35). The minimum Gasteiger partial charge on any atom is -0.493 e. The molecule has 40 heavy (non-hydrogen) atoms. The van der Waals surface area contributed by atoms with Crippen LogP contribution in [0.25, 0.3) is 0 Å². The summed E-state index contributed by atoms with van der Waals surface area (Å²) in [6.45, 7) is 8.82. The average Bonchev–Trinajstić information content (AvgIpc) is 3.33. The van der Waals surface area contributed by atoms with E-state index in [9.17, 15) is 4.79 Å². The minimum atomic E-state index is -0.534. The number of fused-ring (bicyclic) bond motifs is 1. The molecule has 2 N–H and O–H groups in total. The first-order valence-corrected chi connectivity index (χ1v) is 15.6. The third kappa shape index (κ3) is 7.01. The van der Waals surface area contributed by atoms with E-state index in [2.05, 4.69) is 40.4 Å². The van der Waals surface area contributed by atoms with Gasteiger partial charge in [-0.25, -0.2) is 4.68 Å². The van der Waals surface area contributed by atoms with E-state index in [0.29, 0.717) is 40.5 Å². The van der Waals surface area contributed by atoms with Gasteiger partial charge in [0.15, 0.2) is 11.5 Å². The van der Waals surface area contributed by atoms with Gasteiger partial charge in [0.05, 0.1) is 23.8 Å². The summed E-state index contributed by atoms with van der Waals surface area (Å²) in [4.78, 5) is 18.6. The Kier molecular flexibility index (Phi) is 10.6. The Morgan fingerprint density at radius 3 is 2.70 bits per heavy atom. The fraction of sp³-hybridized carbons (Fsp3) is 0.433. The number of rotatable bonds is 13. The van der Waals surface area contributed by atoms with Crippen molar-refractivity contribution in [2.75, 3.05) is 30.1 Å². The lowest BCUT2D eigenvalue weighted by molar-refractivity contribution is -0.113. The predicted octanol–water partition coefficient (Wildman–Crippen LogP) is 7.75. The van der Waals surface area contributed by atoms with E-state index in [0.717, 1.165) is 46.3 Å². The fourth-order valence-corrected chi connectivity index (χ4v) is 5.91. The second-order valence-electron chi connectivity index (χ2n) is 9.84. The maximum Gasteiger partial charge on any atom is 0.255 e. The summed E-state index contributed by atoms with van der Waals surface area (Å²) in [5.41, 5.74) is 3.90. The number of carbonyl (C=O) groups is 1. The number of hydrogen-bond acceptors (Lipinski definition) is 7. The molecule has 8 nitrogen and oxygen atoms in total. The van der Waals surface area contributed by atoms with Gasteiger partial charge in [0.1, 0.15) is 6.04 Å². The summed E-state index contributed by atoms with van der Waals surface area (Å²) in [6.07, 6.45) is 5.48. The van der Waals surface area contributed by atoms with Crippen LogP contribution in [0.4, 0.5) is 11.6 Å². The zero-order valence-electron chi connectivity index (χ0n) is 23.8. The molecule has 1 aliphatic heterocycles. The first-order valence-electron chi connectivity index (χ1n) is 13.8. The van der Waals surface area contributed by atoms with Gasteiger partial charge in [-0.2, -0.15) is 4.98 Å². The Hall–Kier alpha value is -2.98. The van der Waals surface area contributed by atoms with Gasteiger partial charge in [0.25, 0.3) is 5.91 Å². The van der Waals surface area contributed by atoms with Gasteiger partial charge in [0, 0.05) is 17.1 Å². The summed E-state index contributed by atoms with van der Waals surface area (Å²) >= 11 is 5.31. The molecule has 0 spiro atoms. The highest BCUT2D eigenvalue weighted by molar-refractivity contribution is 9.10. The Morgan fingerprint density at radius 2 is 1.98 bits per heavy atom. The predicted molar refractivity (Wildman–Crippen MR) is 166 cm³/mol. The number of allylic oxidation sites excluding steroid dienone is 1. The molecule has 1 unspecified atom stereocenters. The molecule has 0 radical (unpaired) electrons. The molecule has 1 atom stereocenters. The third-order valence-corrected chi connectivity index (χ3v) is 8.23. The van der Waals surface area contributed by atoms with Gasteiger partial charge in [-0.1, -0.05) is 57.0 Å². The number of thioether (sulfide) groups is 1. The van der Waals surface area contributed by atoms with Crippen LogP contribution in [-0.4, -0.2) is 40.1 Å². The number of nitrogens with one attached hydrogen (secondary N) is 2. The molecule has 0 saturated heterocycles. The number of unbranched alkanes of at least 4 members (excludes halogenated alkanes) is 3. The number of benzene rings is 2. The number of aromatic nitrogens is 3. The SMILES string of the molecule is CCCCCCOc1c(Br)cc(C2C(C(=O)Nc3cccc(C)c3)=C(C)Nc3nc(SCCC)nn32)cc1OC. The molecule has 214 valence electrons. The topological polar surface area (TPSA) is 90.3 Å². The second kappa shape index (κ2) is 14.1. The Morgan fingerprint density at radius 1 is 1.15 bits per heavy atom. The van der Waals surface area contributed by atoms with Crippen molar-refractivity contribution in [3.63, 3.8) is 0 Å². The summed E-state index contributed by atoms with van der Waals surface area (Å²) in [6, 6.07) is 11.1. The van der Waals surface area contributed by atoms with Gasteiger partial charge in [-0.3, -0.25) is 4.79 Å². The number of halogens is 1. The fourth-order valence-electron chi connectivity index (χ4n) is 4.65. The van der Waals surface area contributed by atoms with E-state index in [1.165, 1.54) is 12.8 Å². The molecule has 10 heteroatoms. The highest BCUT2D eigenvalue weighted by Crippen LogP contribution is 2.43. The van der Waals surface area contributed by atoms with Crippen LogP contribution in [0, 0.1) is 6.92 Å². The van der Waals surface area contributed by atoms with Crippen molar-refractivity contribution < 1.29 is 14.3 Å². The van der Waals surface area contributed by atoms with E-state index in [1.807, 2.05) is 50.2 Å². The second-order valence-corrected chi connectivity index (χ2v) is 11.8. The van der Waals surface area contributed by atoms with Crippen LogP contribution < -0.4 is 20.1 Å². The molecular formula is C30H38BrN5O3S.